The second-order valence-corrected chi connectivity index (χ2v) is 4.00. The summed E-state index contributed by atoms with van der Waals surface area (Å²) in [7, 11) is 0. The summed E-state index contributed by atoms with van der Waals surface area (Å²) in [5, 5.41) is 17.4. The van der Waals surface area contributed by atoms with E-state index in [2.05, 4.69) is 4.98 Å². The molecule has 0 amide bonds. The molecule has 4 heteroatoms. The number of pyridine rings is 1. The molecule has 0 radical (unpaired) electrons. The summed E-state index contributed by atoms with van der Waals surface area (Å²) in [6.45, 7) is 0. The number of rotatable bonds is 4. The molecule has 1 aromatic rings. The average Bonchev–Trinajstić information content (AvgIpc) is 2.28. The lowest BCUT2D eigenvalue weighted by atomic mass is 9.96. The van der Waals surface area contributed by atoms with E-state index in [-0.39, 0.29) is 6.42 Å². The first-order valence-corrected chi connectivity index (χ1v) is 4.94. The van der Waals surface area contributed by atoms with Crippen molar-refractivity contribution in [1.29, 1.82) is 10.5 Å². The lowest BCUT2D eigenvalue weighted by Crippen LogP contribution is -2.22. The molecule has 1 rings (SSSR count). The first-order valence-electron chi connectivity index (χ1n) is 4.56. The van der Waals surface area contributed by atoms with Crippen molar-refractivity contribution in [3.63, 3.8) is 0 Å². The molecule has 15 heavy (non-hydrogen) atoms. The maximum atomic E-state index is 8.96. The molecular formula is C11H10ClN3. The van der Waals surface area contributed by atoms with E-state index in [4.69, 9.17) is 22.1 Å². The summed E-state index contributed by atoms with van der Waals surface area (Å²) in [4.78, 5) is 2.96. The Morgan fingerprint density at radius 3 is 2.80 bits per heavy atom. The maximum Gasteiger partial charge on any atom is 0.136 e. The largest absolute Gasteiger partial charge is 0.264 e. The van der Waals surface area contributed by atoms with Gasteiger partial charge in [-0.15, -0.1) is 11.6 Å². The fraction of sp³-hybridized carbons (Fsp3) is 0.364. The van der Waals surface area contributed by atoms with Crippen LogP contribution in [0.15, 0.2) is 24.5 Å². The molecule has 0 saturated heterocycles. The van der Waals surface area contributed by atoms with Gasteiger partial charge < -0.3 is 0 Å². The fourth-order valence-electron chi connectivity index (χ4n) is 1.26. The van der Waals surface area contributed by atoms with Gasteiger partial charge in [-0.2, -0.15) is 10.5 Å². The molecule has 3 nitrogen and oxygen atoms in total. The smallest absolute Gasteiger partial charge is 0.136 e. The van der Waals surface area contributed by atoms with E-state index >= 15 is 0 Å². The number of hydrogen-bond acceptors (Lipinski definition) is 3. The number of nitriles is 2. The topological polar surface area (TPSA) is 60.5 Å². The third-order valence-electron chi connectivity index (χ3n) is 2.04. The minimum Gasteiger partial charge on any atom is -0.264 e. The number of alkyl halides is 1. The molecule has 0 bridgehead atoms. The Morgan fingerprint density at radius 1 is 1.47 bits per heavy atom. The number of hydrogen-bond donors (Lipinski definition) is 0. The van der Waals surface area contributed by atoms with Gasteiger partial charge >= 0.3 is 0 Å². The number of nitrogens with zero attached hydrogens (tertiary/aromatic N) is 3. The predicted octanol–water partition coefficient (Wildman–Crippen LogP) is 2.43. The van der Waals surface area contributed by atoms with E-state index in [1.54, 1.807) is 18.5 Å². The average molecular weight is 220 g/mol. The normalized spacial score (nSPS) is 13.5. The van der Waals surface area contributed by atoms with E-state index in [1.807, 2.05) is 18.2 Å². The Kier molecular flexibility index (Phi) is 4.09. The fourth-order valence-corrected chi connectivity index (χ4v) is 1.51. The molecule has 1 atom stereocenters. The summed E-state index contributed by atoms with van der Waals surface area (Å²) in [5.74, 6) is 0. The summed E-state index contributed by atoms with van der Waals surface area (Å²) in [6, 6.07) is 7.71. The van der Waals surface area contributed by atoms with E-state index < -0.39 is 4.87 Å². The van der Waals surface area contributed by atoms with Crippen LogP contribution in [0.1, 0.15) is 18.4 Å². The molecule has 0 aliphatic heterocycles. The van der Waals surface area contributed by atoms with Crippen LogP contribution in [-0.4, -0.2) is 9.86 Å². The SMILES string of the molecule is N#CCCC(Cl)(C#N)Cc1cccnc1. The van der Waals surface area contributed by atoms with E-state index in [0.717, 1.165) is 5.56 Å². The van der Waals surface area contributed by atoms with Crippen molar-refractivity contribution in [2.24, 2.45) is 0 Å². The lowest BCUT2D eigenvalue weighted by Gasteiger charge is -2.16. The van der Waals surface area contributed by atoms with Gasteiger partial charge in [-0.25, -0.2) is 0 Å². The Morgan fingerprint density at radius 2 is 2.27 bits per heavy atom. The van der Waals surface area contributed by atoms with Gasteiger partial charge in [0.15, 0.2) is 0 Å². The Balaban J connectivity index is 2.70. The zero-order chi connectivity index (χ0) is 11.1. The van der Waals surface area contributed by atoms with Gasteiger partial charge in [-0.05, 0) is 18.1 Å². The van der Waals surface area contributed by atoms with Crippen molar-refractivity contribution in [2.45, 2.75) is 24.1 Å². The van der Waals surface area contributed by atoms with Crippen LogP contribution < -0.4 is 0 Å². The molecule has 1 aromatic heterocycles. The molecule has 0 saturated carbocycles. The Hall–Kier alpha value is -1.58. The molecule has 0 spiro atoms. The highest BCUT2D eigenvalue weighted by Crippen LogP contribution is 2.25. The molecular weight excluding hydrogens is 210 g/mol. The second kappa shape index (κ2) is 5.34. The first kappa shape index (κ1) is 11.5. The third-order valence-corrected chi connectivity index (χ3v) is 2.45. The van der Waals surface area contributed by atoms with Crippen LogP contribution in [0.4, 0.5) is 0 Å². The quantitative estimate of drug-likeness (QED) is 0.731. The van der Waals surface area contributed by atoms with Crippen LogP contribution in [0, 0.1) is 22.7 Å². The molecule has 0 aliphatic carbocycles. The summed E-state index contributed by atoms with van der Waals surface area (Å²) >= 11 is 6.10. The minimum atomic E-state index is -0.987. The summed E-state index contributed by atoms with van der Waals surface area (Å²) < 4.78 is 0. The zero-order valence-electron chi connectivity index (χ0n) is 8.15. The van der Waals surface area contributed by atoms with Crippen molar-refractivity contribution >= 4 is 11.6 Å². The van der Waals surface area contributed by atoms with Crippen molar-refractivity contribution in [1.82, 2.24) is 4.98 Å². The van der Waals surface area contributed by atoms with Gasteiger partial charge in [0.25, 0.3) is 0 Å². The first-order chi connectivity index (χ1) is 7.20. The van der Waals surface area contributed by atoms with Gasteiger partial charge in [0.2, 0.25) is 0 Å². The third kappa shape index (κ3) is 3.58. The Bertz CT molecular complexity index is 391. The van der Waals surface area contributed by atoms with Gasteiger partial charge in [0.1, 0.15) is 4.87 Å². The number of halogens is 1. The van der Waals surface area contributed by atoms with Gasteiger partial charge in [-0.1, -0.05) is 6.07 Å². The highest BCUT2D eigenvalue weighted by Gasteiger charge is 2.26. The molecule has 0 aromatic carbocycles. The van der Waals surface area contributed by atoms with E-state index in [9.17, 15) is 0 Å². The van der Waals surface area contributed by atoms with Crippen molar-refractivity contribution in [2.75, 3.05) is 0 Å². The maximum absolute atomic E-state index is 8.96. The molecule has 0 aliphatic rings. The van der Waals surface area contributed by atoms with Crippen LogP contribution in [0.5, 0.6) is 0 Å². The Labute approximate surface area is 93.9 Å². The van der Waals surface area contributed by atoms with Crippen LogP contribution in [0.3, 0.4) is 0 Å². The zero-order valence-corrected chi connectivity index (χ0v) is 8.91. The van der Waals surface area contributed by atoms with Crippen LogP contribution in [0.2, 0.25) is 0 Å². The molecule has 1 heterocycles. The molecule has 0 fully saturated rings. The molecule has 1 unspecified atom stereocenters. The second-order valence-electron chi connectivity index (χ2n) is 3.27. The van der Waals surface area contributed by atoms with Crippen molar-refractivity contribution in [3.8, 4) is 12.1 Å². The van der Waals surface area contributed by atoms with E-state index in [1.165, 1.54) is 0 Å². The van der Waals surface area contributed by atoms with Gasteiger partial charge in [-0.3, -0.25) is 4.98 Å². The van der Waals surface area contributed by atoms with Crippen molar-refractivity contribution < 1.29 is 0 Å². The monoisotopic (exact) mass is 219 g/mol. The number of aromatic nitrogens is 1. The van der Waals surface area contributed by atoms with Crippen molar-refractivity contribution in [3.05, 3.63) is 30.1 Å². The summed E-state index contributed by atoms with van der Waals surface area (Å²) in [6.07, 6.45) is 4.43. The molecule has 0 N–H and O–H groups in total. The van der Waals surface area contributed by atoms with Crippen LogP contribution in [-0.2, 0) is 6.42 Å². The standard InChI is InChI=1S/C11H10ClN3/c12-11(9-14,4-2-5-13)7-10-3-1-6-15-8-10/h1,3,6,8H,2,4,7H2. The van der Waals surface area contributed by atoms with Gasteiger partial charge in [0.05, 0.1) is 12.1 Å². The minimum absolute atomic E-state index is 0.289. The van der Waals surface area contributed by atoms with E-state index in [0.29, 0.717) is 12.8 Å². The highest BCUT2D eigenvalue weighted by molar-refractivity contribution is 6.26. The summed E-state index contributed by atoms with van der Waals surface area (Å²) in [5.41, 5.74) is 0.909. The van der Waals surface area contributed by atoms with Crippen LogP contribution in [0.25, 0.3) is 0 Å². The van der Waals surface area contributed by atoms with Gasteiger partial charge in [0, 0.05) is 25.2 Å². The highest BCUT2D eigenvalue weighted by atomic mass is 35.5. The van der Waals surface area contributed by atoms with Crippen LogP contribution >= 0.6 is 11.6 Å². The lowest BCUT2D eigenvalue weighted by molar-refractivity contribution is 0.648. The predicted molar refractivity (Wildman–Crippen MR) is 57.0 cm³/mol. The molecule has 76 valence electrons.